The Morgan fingerprint density at radius 3 is 2.81 bits per heavy atom. The quantitative estimate of drug-likeness (QED) is 0.801. The number of aryl methyl sites for hydroxylation is 2. The van der Waals surface area contributed by atoms with E-state index in [1.807, 2.05) is 20.9 Å². The molecule has 0 fully saturated rings. The van der Waals surface area contributed by atoms with Crippen LogP contribution in [0.3, 0.4) is 0 Å². The van der Waals surface area contributed by atoms with Crippen LogP contribution in [-0.2, 0) is 13.5 Å². The van der Waals surface area contributed by atoms with Crippen molar-refractivity contribution in [1.82, 2.24) is 15.1 Å². The molecule has 1 N–H and O–H groups in total. The Morgan fingerprint density at radius 1 is 1.62 bits per heavy atom. The van der Waals surface area contributed by atoms with E-state index >= 15 is 0 Å². The lowest BCUT2D eigenvalue weighted by atomic mass is 10.2. The van der Waals surface area contributed by atoms with Crippen LogP contribution in [0.1, 0.15) is 36.3 Å². The van der Waals surface area contributed by atoms with Crippen LogP contribution in [0.2, 0.25) is 0 Å². The summed E-state index contributed by atoms with van der Waals surface area (Å²) >= 11 is 5.74. The Bertz CT molecular complexity index is 358. The molecule has 0 saturated heterocycles. The van der Waals surface area contributed by atoms with Crippen LogP contribution in [-0.4, -0.2) is 27.6 Å². The largest absolute Gasteiger partial charge is 0.348 e. The van der Waals surface area contributed by atoms with Gasteiger partial charge in [0.25, 0.3) is 5.91 Å². The van der Waals surface area contributed by atoms with Crippen LogP contribution in [0, 0.1) is 0 Å². The fourth-order valence-electron chi connectivity index (χ4n) is 1.50. The minimum atomic E-state index is -0.0857. The van der Waals surface area contributed by atoms with Gasteiger partial charge in [0.1, 0.15) is 0 Å². The number of amides is 1. The molecule has 1 amide bonds. The van der Waals surface area contributed by atoms with Crippen molar-refractivity contribution >= 4 is 17.5 Å². The summed E-state index contributed by atoms with van der Waals surface area (Å²) in [6.45, 7) is 3.98. The molecule has 1 aromatic heterocycles. The van der Waals surface area contributed by atoms with Crippen molar-refractivity contribution in [2.24, 2.45) is 7.05 Å². The number of carbonyl (C=O) groups is 1. The monoisotopic (exact) mass is 243 g/mol. The van der Waals surface area contributed by atoms with Crippen molar-refractivity contribution < 1.29 is 4.79 Å². The molecule has 0 bridgehead atoms. The van der Waals surface area contributed by atoms with E-state index in [-0.39, 0.29) is 11.9 Å². The second-order valence-corrected chi connectivity index (χ2v) is 4.06. The fraction of sp³-hybridized carbons (Fsp3) is 0.636. The molecule has 0 aliphatic rings. The molecule has 4 nitrogen and oxygen atoms in total. The Labute approximate surface area is 101 Å². The fourth-order valence-corrected chi connectivity index (χ4v) is 1.79. The molecule has 0 aliphatic heterocycles. The summed E-state index contributed by atoms with van der Waals surface area (Å²) in [6.07, 6.45) is 3.33. The number of carbonyl (C=O) groups excluding carboxylic acids is 1. The molecule has 1 heterocycles. The first-order valence-electron chi connectivity index (χ1n) is 5.51. The van der Waals surface area contributed by atoms with Gasteiger partial charge in [-0.25, -0.2) is 0 Å². The number of halogens is 1. The first-order valence-corrected chi connectivity index (χ1v) is 6.05. The lowest BCUT2D eigenvalue weighted by Crippen LogP contribution is -2.35. The van der Waals surface area contributed by atoms with Crippen LogP contribution in [0.25, 0.3) is 0 Å². The molecule has 5 heteroatoms. The normalized spacial score (nSPS) is 12.5. The molecule has 0 radical (unpaired) electrons. The molecular weight excluding hydrogens is 226 g/mol. The number of hydrogen-bond acceptors (Lipinski definition) is 2. The minimum absolute atomic E-state index is 0.0269. The van der Waals surface area contributed by atoms with Crippen molar-refractivity contribution in [1.29, 1.82) is 0 Å². The maximum atomic E-state index is 11.9. The summed E-state index contributed by atoms with van der Waals surface area (Å²) in [5.74, 6) is 0.349. The average Bonchev–Trinajstić information content (AvgIpc) is 2.67. The topological polar surface area (TPSA) is 46.9 Å². The maximum Gasteiger partial charge on any atom is 0.255 e. The predicted octanol–water partition coefficient (Wildman–Crippen LogP) is 1.73. The SMILES string of the molecule is CCc1nn(C)cc1C(=O)NC(CC)CCl. The van der Waals surface area contributed by atoms with Crippen LogP contribution >= 0.6 is 11.6 Å². The first-order chi connectivity index (χ1) is 7.62. The van der Waals surface area contributed by atoms with Crippen LogP contribution < -0.4 is 5.32 Å². The molecule has 0 aromatic carbocycles. The number of aromatic nitrogens is 2. The lowest BCUT2D eigenvalue weighted by molar-refractivity contribution is 0.0939. The van der Waals surface area contributed by atoms with Crippen LogP contribution in [0.15, 0.2) is 6.20 Å². The number of hydrogen-bond donors (Lipinski definition) is 1. The Balaban J connectivity index is 2.79. The summed E-state index contributed by atoms with van der Waals surface area (Å²) < 4.78 is 1.66. The predicted molar refractivity (Wildman–Crippen MR) is 64.9 cm³/mol. The number of nitrogens with one attached hydrogen (secondary N) is 1. The van der Waals surface area contributed by atoms with Crippen molar-refractivity contribution in [2.75, 3.05) is 5.88 Å². The molecule has 0 spiro atoms. The standard InChI is InChI=1S/C11H18ClN3O/c1-4-8(6-12)13-11(16)9-7-15(3)14-10(9)5-2/h7-8H,4-6H2,1-3H3,(H,13,16). The van der Waals surface area contributed by atoms with Gasteiger partial charge >= 0.3 is 0 Å². The Morgan fingerprint density at radius 2 is 2.31 bits per heavy atom. The van der Waals surface area contributed by atoms with Gasteiger partial charge in [0.15, 0.2) is 0 Å². The van der Waals surface area contributed by atoms with Gasteiger partial charge in [-0.05, 0) is 12.8 Å². The summed E-state index contributed by atoms with van der Waals surface area (Å²) in [7, 11) is 1.81. The highest BCUT2D eigenvalue weighted by Crippen LogP contribution is 2.08. The van der Waals surface area contributed by atoms with E-state index in [0.29, 0.717) is 11.4 Å². The number of alkyl halides is 1. The third-order valence-electron chi connectivity index (χ3n) is 2.50. The van der Waals surface area contributed by atoms with Crippen molar-refractivity contribution in [2.45, 2.75) is 32.7 Å². The van der Waals surface area contributed by atoms with Crippen molar-refractivity contribution in [3.05, 3.63) is 17.5 Å². The van der Waals surface area contributed by atoms with E-state index < -0.39 is 0 Å². The molecule has 0 saturated carbocycles. The molecule has 1 atom stereocenters. The highest BCUT2D eigenvalue weighted by Gasteiger charge is 2.16. The van der Waals surface area contributed by atoms with E-state index in [0.717, 1.165) is 18.5 Å². The molecule has 16 heavy (non-hydrogen) atoms. The molecule has 1 aromatic rings. The van der Waals surface area contributed by atoms with Gasteiger partial charge < -0.3 is 5.32 Å². The van der Waals surface area contributed by atoms with E-state index in [4.69, 9.17) is 11.6 Å². The van der Waals surface area contributed by atoms with Crippen LogP contribution in [0.4, 0.5) is 0 Å². The summed E-state index contributed by atoms with van der Waals surface area (Å²) in [4.78, 5) is 11.9. The maximum absolute atomic E-state index is 11.9. The number of rotatable bonds is 5. The van der Waals surface area contributed by atoms with Gasteiger partial charge in [-0.2, -0.15) is 5.10 Å². The van der Waals surface area contributed by atoms with Gasteiger partial charge in [-0.15, -0.1) is 11.6 Å². The van der Waals surface area contributed by atoms with Gasteiger partial charge in [0.05, 0.1) is 11.3 Å². The molecule has 90 valence electrons. The zero-order valence-corrected chi connectivity index (χ0v) is 10.7. The lowest BCUT2D eigenvalue weighted by Gasteiger charge is -2.13. The summed E-state index contributed by atoms with van der Waals surface area (Å²) in [5, 5.41) is 7.13. The Kier molecular flexibility index (Phi) is 4.80. The highest BCUT2D eigenvalue weighted by molar-refractivity contribution is 6.18. The average molecular weight is 244 g/mol. The summed E-state index contributed by atoms with van der Waals surface area (Å²) in [6, 6.07) is 0.0269. The van der Waals surface area contributed by atoms with E-state index in [9.17, 15) is 4.79 Å². The molecule has 1 unspecified atom stereocenters. The second kappa shape index (κ2) is 5.89. The van der Waals surface area contributed by atoms with Gasteiger partial charge in [0.2, 0.25) is 0 Å². The third kappa shape index (κ3) is 2.98. The zero-order valence-electron chi connectivity index (χ0n) is 9.96. The number of nitrogens with zero attached hydrogens (tertiary/aromatic N) is 2. The van der Waals surface area contributed by atoms with E-state index in [1.54, 1.807) is 10.9 Å². The van der Waals surface area contributed by atoms with Crippen molar-refractivity contribution in [3.8, 4) is 0 Å². The van der Waals surface area contributed by atoms with Gasteiger partial charge in [0, 0.05) is 25.2 Å². The molecule has 1 rings (SSSR count). The molecule has 0 aliphatic carbocycles. The zero-order chi connectivity index (χ0) is 12.1. The van der Waals surface area contributed by atoms with Crippen molar-refractivity contribution in [3.63, 3.8) is 0 Å². The van der Waals surface area contributed by atoms with E-state index in [2.05, 4.69) is 10.4 Å². The first kappa shape index (κ1) is 13.0. The van der Waals surface area contributed by atoms with Crippen LogP contribution in [0.5, 0.6) is 0 Å². The van der Waals surface area contributed by atoms with E-state index in [1.165, 1.54) is 0 Å². The molecular formula is C11H18ClN3O. The Hall–Kier alpha value is -1.03. The minimum Gasteiger partial charge on any atom is -0.348 e. The highest BCUT2D eigenvalue weighted by atomic mass is 35.5. The van der Waals surface area contributed by atoms with Gasteiger partial charge in [-0.1, -0.05) is 13.8 Å². The third-order valence-corrected chi connectivity index (χ3v) is 2.87. The van der Waals surface area contributed by atoms with Gasteiger partial charge in [-0.3, -0.25) is 9.48 Å². The smallest absolute Gasteiger partial charge is 0.255 e. The summed E-state index contributed by atoms with van der Waals surface area (Å²) in [5.41, 5.74) is 1.47. The second-order valence-electron chi connectivity index (χ2n) is 3.75.